The number of nitrogens with zero attached hydrogens (tertiary/aromatic N) is 6. The van der Waals surface area contributed by atoms with Crippen LogP contribution in [0.1, 0.15) is 0 Å². The minimum atomic E-state index is 0.455. The van der Waals surface area contributed by atoms with Gasteiger partial charge in [0, 0.05) is 33.4 Å². The van der Waals surface area contributed by atoms with Crippen LogP contribution in [0.3, 0.4) is 0 Å². The van der Waals surface area contributed by atoms with Gasteiger partial charge in [-0.15, -0.1) is 0 Å². The van der Waals surface area contributed by atoms with E-state index in [1.165, 1.54) is 0 Å². The maximum Gasteiger partial charge on any atom is 0.198 e. The molecule has 0 bridgehead atoms. The van der Waals surface area contributed by atoms with Gasteiger partial charge in [0.05, 0.1) is 18.0 Å². The Balaban J connectivity index is 1.13. The molecule has 0 aliphatic heterocycles. The average molecular weight is 717 g/mol. The van der Waals surface area contributed by atoms with Crippen molar-refractivity contribution in [1.29, 1.82) is 0 Å². The van der Waals surface area contributed by atoms with E-state index in [0.717, 1.165) is 61.5 Å². The van der Waals surface area contributed by atoms with Gasteiger partial charge < -0.3 is 0 Å². The Hall–Kier alpha value is -7.88. The van der Waals surface area contributed by atoms with Crippen molar-refractivity contribution in [2.45, 2.75) is 0 Å². The summed E-state index contributed by atoms with van der Waals surface area (Å²) in [6.07, 6.45) is 0. The summed E-state index contributed by atoms with van der Waals surface area (Å²) in [5.41, 5.74) is 11.7. The lowest BCUT2D eigenvalue weighted by atomic mass is 9.98. The highest BCUT2D eigenvalue weighted by Gasteiger charge is 2.16. The van der Waals surface area contributed by atoms with Crippen LogP contribution >= 0.6 is 0 Å². The van der Waals surface area contributed by atoms with Gasteiger partial charge in [0.25, 0.3) is 0 Å². The number of hydrogen-bond acceptors (Lipinski definition) is 5. The summed E-state index contributed by atoms with van der Waals surface area (Å²) in [7, 11) is 0. The molecule has 2 aromatic heterocycles. The van der Waals surface area contributed by atoms with E-state index in [4.69, 9.17) is 31.5 Å². The van der Waals surface area contributed by atoms with Gasteiger partial charge in [-0.25, -0.2) is 29.8 Å². The van der Waals surface area contributed by atoms with Gasteiger partial charge in [-0.05, 0) is 46.5 Å². The quantitative estimate of drug-likeness (QED) is 0.146. The fourth-order valence-electron chi connectivity index (χ4n) is 6.75. The SMILES string of the molecule is [C-]#[N+]c1ccccc1-c1nc(-c2ccccc2)nc(-c2cccc(-c3cccc(-c4cc(-c5ccccc5)nc(-c5cccc(-c6ccccc6)c5)n4)c3)c2)n1. The molecule has 0 spiro atoms. The standard InChI is InChI=1S/C50H32N6/c1-51-44-29-12-11-28-43(44)50-55-47(36-20-9-4-10-21-36)54-49(56-50)42-27-15-24-39(32-42)38-23-13-25-40(30-38)46-33-45(35-18-7-3-8-19-35)52-48(53-46)41-26-14-22-37(31-41)34-16-5-2-6-17-34/h2-33H. The van der Waals surface area contributed by atoms with E-state index in [9.17, 15) is 0 Å². The summed E-state index contributed by atoms with van der Waals surface area (Å²) in [4.78, 5) is 28.7. The van der Waals surface area contributed by atoms with Crippen LogP contribution < -0.4 is 0 Å². The predicted molar refractivity (Wildman–Crippen MR) is 225 cm³/mol. The molecule has 9 rings (SSSR count). The normalized spacial score (nSPS) is 10.8. The third-order valence-electron chi connectivity index (χ3n) is 9.57. The van der Waals surface area contributed by atoms with Crippen molar-refractivity contribution in [1.82, 2.24) is 24.9 Å². The Labute approximate surface area is 325 Å². The molecule has 0 radical (unpaired) electrons. The van der Waals surface area contributed by atoms with E-state index in [-0.39, 0.29) is 0 Å². The van der Waals surface area contributed by atoms with Gasteiger partial charge in [0.15, 0.2) is 29.0 Å². The predicted octanol–water partition coefficient (Wildman–Crippen LogP) is 12.5. The minimum absolute atomic E-state index is 0.455. The molecule has 0 amide bonds. The Bertz CT molecular complexity index is 2870. The van der Waals surface area contributed by atoms with Crippen LogP contribution in [0, 0.1) is 6.57 Å². The zero-order valence-electron chi connectivity index (χ0n) is 30.2. The van der Waals surface area contributed by atoms with Crippen LogP contribution in [-0.4, -0.2) is 24.9 Å². The lowest BCUT2D eigenvalue weighted by Crippen LogP contribution is -2.00. The minimum Gasteiger partial charge on any atom is -0.237 e. The Morgan fingerprint density at radius 1 is 0.286 bits per heavy atom. The molecule has 56 heavy (non-hydrogen) atoms. The molecule has 7 aromatic carbocycles. The number of rotatable bonds is 8. The van der Waals surface area contributed by atoms with Crippen molar-refractivity contribution < 1.29 is 0 Å². The number of hydrogen-bond donors (Lipinski definition) is 0. The first-order valence-electron chi connectivity index (χ1n) is 18.3. The summed E-state index contributed by atoms with van der Waals surface area (Å²) >= 11 is 0. The maximum absolute atomic E-state index is 7.77. The summed E-state index contributed by atoms with van der Waals surface area (Å²) in [5, 5.41) is 0. The Morgan fingerprint density at radius 2 is 0.679 bits per heavy atom. The molecule has 0 aliphatic carbocycles. The molecule has 2 heterocycles. The largest absolute Gasteiger partial charge is 0.237 e. The van der Waals surface area contributed by atoms with Crippen molar-refractivity contribution in [3.63, 3.8) is 0 Å². The van der Waals surface area contributed by atoms with Gasteiger partial charge in [0.2, 0.25) is 0 Å². The van der Waals surface area contributed by atoms with E-state index in [1.54, 1.807) is 6.07 Å². The maximum atomic E-state index is 7.77. The molecule has 6 nitrogen and oxygen atoms in total. The summed E-state index contributed by atoms with van der Waals surface area (Å²) < 4.78 is 0. The van der Waals surface area contributed by atoms with Gasteiger partial charge in [-0.1, -0.05) is 170 Å². The third-order valence-corrected chi connectivity index (χ3v) is 9.57. The van der Waals surface area contributed by atoms with Crippen molar-refractivity contribution in [3.8, 4) is 90.3 Å². The lowest BCUT2D eigenvalue weighted by molar-refractivity contribution is 1.07. The van der Waals surface area contributed by atoms with Crippen molar-refractivity contribution in [2.75, 3.05) is 0 Å². The van der Waals surface area contributed by atoms with Crippen LogP contribution in [0.15, 0.2) is 194 Å². The zero-order chi connectivity index (χ0) is 37.7. The number of benzene rings is 7. The fraction of sp³-hybridized carbons (Fsp3) is 0. The van der Waals surface area contributed by atoms with Crippen LogP contribution in [0.5, 0.6) is 0 Å². The number of aromatic nitrogens is 5. The highest BCUT2D eigenvalue weighted by Crippen LogP contribution is 2.34. The van der Waals surface area contributed by atoms with E-state index >= 15 is 0 Å². The van der Waals surface area contributed by atoms with Crippen molar-refractivity contribution >= 4 is 5.69 Å². The molecule has 0 saturated carbocycles. The van der Waals surface area contributed by atoms with Gasteiger partial charge in [-0.3, -0.25) is 0 Å². The van der Waals surface area contributed by atoms with Crippen LogP contribution in [0.25, 0.3) is 95.2 Å². The van der Waals surface area contributed by atoms with Gasteiger partial charge >= 0.3 is 0 Å². The monoisotopic (exact) mass is 716 g/mol. The molecule has 0 fully saturated rings. The lowest BCUT2D eigenvalue weighted by Gasteiger charge is -2.12. The molecule has 0 unspecified atom stereocenters. The molecule has 6 heteroatoms. The molecule has 9 aromatic rings. The van der Waals surface area contributed by atoms with E-state index in [1.807, 2.05) is 84.9 Å². The van der Waals surface area contributed by atoms with Gasteiger partial charge in [0.1, 0.15) is 0 Å². The molecule has 0 N–H and O–H groups in total. The van der Waals surface area contributed by atoms with Crippen molar-refractivity contribution in [3.05, 3.63) is 206 Å². The molecule has 262 valence electrons. The van der Waals surface area contributed by atoms with Crippen LogP contribution in [0.2, 0.25) is 0 Å². The van der Waals surface area contributed by atoms with E-state index in [2.05, 4.69) is 108 Å². The molecular formula is C50H32N6. The molecule has 0 saturated heterocycles. The first-order valence-corrected chi connectivity index (χ1v) is 18.3. The molecule has 0 atom stereocenters. The second kappa shape index (κ2) is 15.2. The van der Waals surface area contributed by atoms with Crippen LogP contribution in [0.4, 0.5) is 5.69 Å². The summed E-state index contributed by atoms with van der Waals surface area (Å²) in [6.45, 7) is 7.77. The Morgan fingerprint density at radius 3 is 1.29 bits per heavy atom. The zero-order valence-corrected chi connectivity index (χ0v) is 30.2. The summed E-state index contributed by atoms with van der Waals surface area (Å²) in [6, 6.07) is 65.0. The fourth-order valence-corrected chi connectivity index (χ4v) is 6.75. The second-order valence-corrected chi connectivity index (χ2v) is 13.2. The second-order valence-electron chi connectivity index (χ2n) is 13.2. The van der Waals surface area contributed by atoms with E-state index < -0.39 is 0 Å². The molecule has 0 aliphatic rings. The van der Waals surface area contributed by atoms with E-state index in [0.29, 0.717) is 34.5 Å². The first kappa shape index (κ1) is 33.9. The topological polar surface area (TPSA) is 68.8 Å². The average Bonchev–Trinajstić information content (AvgIpc) is 3.29. The smallest absolute Gasteiger partial charge is 0.198 e. The van der Waals surface area contributed by atoms with Crippen LogP contribution in [-0.2, 0) is 0 Å². The highest BCUT2D eigenvalue weighted by molar-refractivity contribution is 5.80. The van der Waals surface area contributed by atoms with Crippen molar-refractivity contribution in [2.24, 2.45) is 0 Å². The van der Waals surface area contributed by atoms with Gasteiger partial charge in [-0.2, -0.15) is 0 Å². The molecular weight excluding hydrogens is 685 g/mol. The first-order chi connectivity index (χ1) is 27.7. The summed E-state index contributed by atoms with van der Waals surface area (Å²) in [5.74, 6) is 2.18. The number of para-hydroxylation sites is 1. The highest BCUT2D eigenvalue weighted by atomic mass is 15.0. The third kappa shape index (κ3) is 7.08. The Kier molecular flexibility index (Phi) is 9.23.